The zero-order valence-electron chi connectivity index (χ0n) is 16.2. The minimum absolute atomic E-state index is 0.0616. The van der Waals surface area contributed by atoms with E-state index in [0.29, 0.717) is 10.6 Å². The normalized spacial score (nSPS) is 12.1. The maximum absolute atomic E-state index is 12.5. The third kappa shape index (κ3) is 4.66. The highest BCUT2D eigenvalue weighted by atomic mass is 35.5. The average molecular weight is 404 g/mol. The van der Waals surface area contributed by atoms with Gasteiger partial charge in [-0.1, -0.05) is 54.1 Å². The molecule has 0 saturated heterocycles. The molecule has 4 nitrogen and oxygen atoms in total. The number of nitrogens with zero attached hydrogens (tertiary/aromatic N) is 1. The quantitative estimate of drug-likeness (QED) is 0.438. The Bertz CT molecular complexity index is 1120. The van der Waals surface area contributed by atoms with Crippen molar-refractivity contribution in [2.75, 3.05) is 0 Å². The van der Waals surface area contributed by atoms with Gasteiger partial charge in [-0.3, -0.25) is 4.79 Å². The summed E-state index contributed by atoms with van der Waals surface area (Å²) in [5.74, 6) is 0.693. The third-order valence-corrected chi connectivity index (χ3v) is 5.19. The van der Waals surface area contributed by atoms with Crippen LogP contribution in [0.25, 0.3) is 22.4 Å². The summed E-state index contributed by atoms with van der Waals surface area (Å²) in [5.41, 5.74) is 4.59. The van der Waals surface area contributed by atoms with Crippen LogP contribution in [0.5, 0.6) is 0 Å². The number of carbonyl (C=O) groups excluding carboxylic acids is 1. The van der Waals surface area contributed by atoms with Gasteiger partial charge in [0.25, 0.3) is 5.91 Å². The fourth-order valence-electron chi connectivity index (χ4n) is 3.31. The topological polar surface area (TPSA) is 57.8 Å². The number of halogens is 1. The van der Waals surface area contributed by atoms with Gasteiger partial charge < -0.3 is 10.3 Å². The van der Waals surface area contributed by atoms with E-state index in [0.717, 1.165) is 35.3 Å². The van der Waals surface area contributed by atoms with Crippen molar-refractivity contribution < 1.29 is 4.79 Å². The smallest absolute Gasteiger partial charge is 0.251 e. The van der Waals surface area contributed by atoms with Gasteiger partial charge in [0.15, 0.2) is 0 Å². The van der Waals surface area contributed by atoms with E-state index in [1.807, 2.05) is 67.6 Å². The molecule has 0 radical (unpaired) electrons. The van der Waals surface area contributed by atoms with Gasteiger partial charge in [-0.2, -0.15) is 0 Å². The Labute approximate surface area is 174 Å². The summed E-state index contributed by atoms with van der Waals surface area (Å²) in [4.78, 5) is 20.4. The van der Waals surface area contributed by atoms with Gasteiger partial charge in [0.05, 0.1) is 11.0 Å². The lowest BCUT2D eigenvalue weighted by Gasteiger charge is -2.14. The van der Waals surface area contributed by atoms with Gasteiger partial charge in [0.2, 0.25) is 0 Å². The van der Waals surface area contributed by atoms with Crippen LogP contribution in [0.15, 0.2) is 72.8 Å². The molecule has 0 aliphatic carbocycles. The van der Waals surface area contributed by atoms with E-state index in [1.54, 1.807) is 0 Å². The minimum Gasteiger partial charge on any atom is -0.350 e. The summed E-state index contributed by atoms with van der Waals surface area (Å²) in [6.07, 6.45) is 1.84. The molecule has 3 aromatic carbocycles. The van der Waals surface area contributed by atoms with Crippen LogP contribution in [0.4, 0.5) is 0 Å². The van der Waals surface area contributed by atoms with Crippen molar-refractivity contribution in [3.63, 3.8) is 0 Å². The van der Waals surface area contributed by atoms with E-state index < -0.39 is 0 Å². The lowest BCUT2D eigenvalue weighted by molar-refractivity contribution is 0.0938. The molecule has 0 bridgehead atoms. The number of carbonyl (C=O) groups is 1. The minimum atomic E-state index is -0.0616. The molecule has 1 heterocycles. The average Bonchev–Trinajstić information content (AvgIpc) is 3.16. The highest BCUT2D eigenvalue weighted by Crippen LogP contribution is 2.23. The first-order chi connectivity index (χ1) is 14.1. The number of hydrogen-bond acceptors (Lipinski definition) is 2. The van der Waals surface area contributed by atoms with Crippen LogP contribution in [0, 0.1) is 0 Å². The van der Waals surface area contributed by atoms with E-state index in [9.17, 15) is 4.79 Å². The number of benzene rings is 3. The molecule has 0 fully saturated rings. The molecule has 0 unspecified atom stereocenters. The van der Waals surface area contributed by atoms with Crippen molar-refractivity contribution >= 4 is 28.5 Å². The van der Waals surface area contributed by atoms with E-state index in [-0.39, 0.29) is 11.9 Å². The van der Waals surface area contributed by atoms with Gasteiger partial charge >= 0.3 is 0 Å². The molecular weight excluding hydrogens is 382 g/mol. The molecule has 4 rings (SSSR count). The molecule has 5 heteroatoms. The molecule has 0 aliphatic heterocycles. The monoisotopic (exact) mass is 403 g/mol. The van der Waals surface area contributed by atoms with Crippen LogP contribution in [0.2, 0.25) is 5.02 Å². The first-order valence-corrected chi connectivity index (χ1v) is 10.1. The fraction of sp³-hybridized carbons (Fsp3) is 0.167. The Hall–Kier alpha value is -3.11. The summed E-state index contributed by atoms with van der Waals surface area (Å²) in [7, 11) is 0. The van der Waals surface area contributed by atoms with Crippen molar-refractivity contribution in [3.05, 3.63) is 88.9 Å². The molecule has 0 spiro atoms. The molecular formula is C24H22ClN3O. The van der Waals surface area contributed by atoms with E-state index in [4.69, 9.17) is 11.6 Å². The standard InChI is InChI=1S/C24H22ClN3O/c1-16(7-8-17-5-3-2-4-6-17)26-24(29)19-11-9-18(10-12-19)23-27-21-14-13-20(25)15-22(21)28-23/h2-6,9-16H,7-8H2,1H3,(H,26,29)(H,27,28)/t16-/m1/s1. The first-order valence-electron chi connectivity index (χ1n) is 9.69. The predicted molar refractivity (Wildman–Crippen MR) is 118 cm³/mol. The Balaban J connectivity index is 1.39. The van der Waals surface area contributed by atoms with Gasteiger partial charge in [-0.15, -0.1) is 0 Å². The van der Waals surface area contributed by atoms with Crippen LogP contribution in [-0.4, -0.2) is 21.9 Å². The maximum Gasteiger partial charge on any atom is 0.251 e. The van der Waals surface area contributed by atoms with Crippen LogP contribution in [0.3, 0.4) is 0 Å². The Morgan fingerprint density at radius 2 is 1.83 bits per heavy atom. The van der Waals surface area contributed by atoms with Gasteiger partial charge in [0, 0.05) is 22.2 Å². The number of aromatic amines is 1. The number of aryl methyl sites for hydroxylation is 1. The second-order valence-corrected chi connectivity index (χ2v) is 7.66. The van der Waals surface area contributed by atoms with Crippen LogP contribution >= 0.6 is 11.6 Å². The van der Waals surface area contributed by atoms with Crippen molar-refractivity contribution in [1.82, 2.24) is 15.3 Å². The van der Waals surface area contributed by atoms with Crippen LogP contribution in [-0.2, 0) is 6.42 Å². The number of fused-ring (bicyclic) bond motifs is 1. The summed E-state index contributed by atoms with van der Waals surface area (Å²) in [6, 6.07) is 23.4. The number of hydrogen-bond donors (Lipinski definition) is 2. The highest BCUT2D eigenvalue weighted by molar-refractivity contribution is 6.31. The van der Waals surface area contributed by atoms with Crippen molar-refractivity contribution in [2.24, 2.45) is 0 Å². The zero-order valence-corrected chi connectivity index (χ0v) is 16.9. The van der Waals surface area contributed by atoms with Crippen molar-refractivity contribution in [1.29, 1.82) is 0 Å². The molecule has 29 heavy (non-hydrogen) atoms. The summed E-state index contributed by atoms with van der Waals surface area (Å²) < 4.78 is 0. The largest absolute Gasteiger partial charge is 0.350 e. The third-order valence-electron chi connectivity index (χ3n) is 4.95. The Morgan fingerprint density at radius 3 is 2.59 bits per heavy atom. The molecule has 0 aliphatic rings. The number of rotatable bonds is 6. The molecule has 1 atom stereocenters. The number of amides is 1. The lowest BCUT2D eigenvalue weighted by Crippen LogP contribution is -2.32. The summed E-state index contributed by atoms with van der Waals surface area (Å²) in [6.45, 7) is 2.04. The van der Waals surface area contributed by atoms with Gasteiger partial charge in [-0.25, -0.2) is 4.98 Å². The van der Waals surface area contributed by atoms with E-state index >= 15 is 0 Å². The Morgan fingerprint density at radius 1 is 1.07 bits per heavy atom. The summed E-state index contributed by atoms with van der Waals surface area (Å²) in [5, 5.41) is 3.74. The molecule has 4 aromatic rings. The maximum atomic E-state index is 12.5. The van der Waals surface area contributed by atoms with E-state index in [2.05, 4.69) is 27.4 Å². The van der Waals surface area contributed by atoms with Gasteiger partial charge in [-0.05, 0) is 55.7 Å². The van der Waals surface area contributed by atoms with Crippen molar-refractivity contribution in [2.45, 2.75) is 25.8 Å². The predicted octanol–water partition coefficient (Wildman–Crippen LogP) is 5.63. The van der Waals surface area contributed by atoms with Crippen molar-refractivity contribution in [3.8, 4) is 11.4 Å². The first kappa shape index (κ1) is 19.2. The number of imidazole rings is 1. The lowest BCUT2D eigenvalue weighted by atomic mass is 10.1. The number of nitrogens with one attached hydrogen (secondary N) is 2. The molecule has 1 aromatic heterocycles. The molecule has 146 valence electrons. The van der Waals surface area contributed by atoms with Crippen LogP contribution < -0.4 is 5.32 Å². The fourth-order valence-corrected chi connectivity index (χ4v) is 3.48. The van der Waals surface area contributed by atoms with E-state index in [1.165, 1.54) is 5.56 Å². The number of aromatic nitrogens is 2. The summed E-state index contributed by atoms with van der Waals surface area (Å²) >= 11 is 6.04. The number of H-pyrrole nitrogens is 1. The molecule has 1 amide bonds. The zero-order chi connectivity index (χ0) is 20.2. The SMILES string of the molecule is C[C@H](CCc1ccccc1)NC(=O)c1ccc(-c2nc3ccc(Cl)cc3[nH]2)cc1. The molecule has 2 N–H and O–H groups in total. The highest BCUT2D eigenvalue weighted by Gasteiger charge is 2.11. The second-order valence-electron chi connectivity index (χ2n) is 7.22. The second kappa shape index (κ2) is 8.50. The molecule has 0 saturated carbocycles. The van der Waals surface area contributed by atoms with Crippen LogP contribution in [0.1, 0.15) is 29.3 Å². The Kier molecular flexibility index (Phi) is 5.63. The van der Waals surface area contributed by atoms with Gasteiger partial charge in [0.1, 0.15) is 5.82 Å².